The molecular weight excluding hydrogens is 110 g/mol. The highest BCUT2D eigenvalue weighted by Crippen LogP contribution is 1.89. The zero-order valence-electron chi connectivity index (χ0n) is 5.62. The predicted octanol–water partition coefficient (Wildman–Crippen LogP) is 2.06. The van der Waals surface area contributed by atoms with E-state index in [-0.39, 0.29) is 0 Å². The summed E-state index contributed by atoms with van der Waals surface area (Å²) < 4.78 is 2.12. The Morgan fingerprint density at radius 1 is 1.33 bits per heavy atom. The van der Waals surface area contributed by atoms with Gasteiger partial charge in [0.1, 0.15) is 0 Å². The molecule has 0 amide bonds. The molecule has 9 heavy (non-hydrogen) atoms. The number of hydrogen-bond donors (Lipinski definition) is 0. The van der Waals surface area contributed by atoms with Crippen molar-refractivity contribution in [3.8, 4) is 0 Å². The van der Waals surface area contributed by atoms with Crippen molar-refractivity contribution < 1.29 is 0 Å². The molecule has 0 radical (unpaired) electrons. The molecule has 0 N–H and O–H groups in total. The molecule has 0 atom stereocenters. The van der Waals surface area contributed by atoms with Crippen LogP contribution in [-0.4, -0.2) is 4.57 Å². The van der Waals surface area contributed by atoms with Crippen molar-refractivity contribution in [2.75, 3.05) is 0 Å². The number of allylic oxidation sites excluding steroid dienone is 2. The van der Waals surface area contributed by atoms with Crippen LogP contribution in [0.2, 0.25) is 0 Å². The second-order valence-corrected chi connectivity index (χ2v) is 1.95. The molecule has 0 aliphatic heterocycles. The van der Waals surface area contributed by atoms with E-state index in [0.29, 0.717) is 0 Å². The van der Waals surface area contributed by atoms with Gasteiger partial charge in [0.15, 0.2) is 0 Å². The van der Waals surface area contributed by atoms with Crippen LogP contribution in [0, 0.1) is 0 Å². The van der Waals surface area contributed by atoms with E-state index in [1.807, 2.05) is 19.1 Å². The molecule has 0 fully saturated rings. The van der Waals surface area contributed by atoms with Crippen LogP contribution < -0.4 is 0 Å². The van der Waals surface area contributed by atoms with Crippen LogP contribution in [0.3, 0.4) is 0 Å². The molecule has 0 spiro atoms. The van der Waals surface area contributed by atoms with Crippen molar-refractivity contribution in [3.05, 3.63) is 36.7 Å². The van der Waals surface area contributed by atoms with Gasteiger partial charge in [-0.15, -0.1) is 0 Å². The first kappa shape index (κ1) is 6.14. The molecule has 1 heteroatoms. The Bertz CT molecular complexity index is 172. The van der Waals surface area contributed by atoms with E-state index in [1.165, 1.54) is 0 Å². The van der Waals surface area contributed by atoms with Crippen molar-refractivity contribution in [2.24, 2.45) is 0 Å². The van der Waals surface area contributed by atoms with Crippen LogP contribution >= 0.6 is 0 Å². The van der Waals surface area contributed by atoms with Crippen LogP contribution in [0.4, 0.5) is 0 Å². The summed E-state index contributed by atoms with van der Waals surface area (Å²) in [7, 11) is 0. The lowest BCUT2D eigenvalue weighted by atomic mass is 10.5. The fourth-order valence-corrected chi connectivity index (χ4v) is 0.719. The lowest BCUT2D eigenvalue weighted by molar-refractivity contribution is 0.829. The first-order chi connectivity index (χ1) is 4.43. The highest BCUT2D eigenvalue weighted by atomic mass is 14.9. The highest BCUT2D eigenvalue weighted by Gasteiger charge is 1.79. The van der Waals surface area contributed by atoms with Gasteiger partial charge >= 0.3 is 0 Å². The monoisotopic (exact) mass is 121 g/mol. The smallest absolute Gasteiger partial charge is 0.0400 e. The zero-order valence-corrected chi connectivity index (χ0v) is 5.62. The summed E-state index contributed by atoms with van der Waals surface area (Å²) in [6, 6.07) is 4.06. The fourth-order valence-electron chi connectivity index (χ4n) is 0.719. The molecule has 0 saturated carbocycles. The van der Waals surface area contributed by atoms with E-state index in [2.05, 4.69) is 29.1 Å². The van der Waals surface area contributed by atoms with Gasteiger partial charge in [-0.05, 0) is 19.1 Å². The molecule has 1 aromatic rings. The molecule has 0 saturated heterocycles. The quantitative estimate of drug-likeness (QED) is 0.528. The first-order valence-corrected chi connectivity index (χ1v) is 3.15. The molecule has 0 unspecified atom stereocenters. The van der Waals surface area contributed by atoms with Gasteiger partial charge < -0.3 is 4.57 Å². The Morgan fingerprint density at radius 3 is 2.56 bits per heavy atom. The van der Waals surface area contributed by atoms with Gasteiger partial charge in [-0.2, -0.15) is 0 Å². The maximum atomic E-state index is 2.12. The maximum Gasteiger partial charge on any atom is 0.0400 e. The summed E-state index contributed by atoms with van der Waals surface area (Å²) in [5, 5.41) is 0. The second-order valence-electron chi connectivity index (χ2n) is 1.95. The SMILES string of the molecule is C/C=C\Cn1cccc1. The van der Waals surface area contributed by atoms with Crippen LogP contribution in [0.15, 0.2) is 36.7 Å². The van der Waals surface area contributed by atoms with Gasteiger partial charge in [0.05, 0.1) is 0 Å². The summed E-state index contributed by atoms with van der Waals surface area (Å²) in [6.45, 7) is 3.02. The number of hydrogen-bond acceptors (Lipinski definition) is 0. The van der Waals surface area contributed by atoms with Crippen molar-refractivity contribution in [1.29, 1.82) is 0 Å². The molecule has 0 aromatic carbocycles. The van der Waals surface area contributed by atoms with Crippen molar-refractivity contribution in [2.45, 2.75) is 13.5 Å². The fraction of sp³-hybridized carbons (Fsp3) is 0.250. The molecule has 0 aliphatic carbocycles. The Balaban J connectivity index is 2.48. The lowest BCUT2D eigenvalue weighted by Gasteiger charge is -1.92. The Morgan fingerprint density at radius 2 is 2.00 bits per heavy atom. The van der Waals surface area contributed by atoms with Crippen LogP contribution in [0.5, 0.6) is 0 Å². The van der Waals surface area contributed by atoms with E-state index in [4.69, 9.17) is 0 Å². The normalized spacial score (nSPS) is 10.8. The second kappa shape index (κ2) is 3.13. The number of rotatable bonds is 2. The Hall–Kier alpha value is -0.980. The van der Waals surface area contributed by atoms with Crippen molar-refractivity contribution >= 4 is 0 Å². The third kappa shape index (κ3) is 1.76. The molecule has 48 valence electrons. The average Bonchev–Trinajstić information content (AvgIpc) is 2.34. The number of nitrogens with zero attached hydrogens (tertiary/aromatic N) is 1. The molecule has 1 rings (SSSR count). The molecule has 1 aromatic heterocycles. The summed E-state index contributed by atoms with van der Waals surface area (Å²) >= 11 is 0. The standard InChI is InChI=1S/C8H11N/c1-2-3-6-9-7-4-5-8-9/h2-5,7-8H,6H2,1H3/b3-2-. The van der Waals surface area contributed by atoms with Gasteiger partial charge in [0.25, 0.3) is 0 Å². The minimum Gasteiger partial charge on any atom is -0.351 e. The molecule has 1 nitrogen and oxygen atoms in total. The van der Waals surface area contributed by atoms with Gasteiger partial charge in [-0.25, -0.2) is 0 Å². The molecular formula is C8H11N. The molecule has 0 aliphatic rings. The third-order valence-corrected chi connectivity index (χ3v) is 1.22. The topological polar surface area (TPSA) is 4.93 Å². The third-order valence-electron chi connectivity index (χ3n) is 1.22. The number of aromatic nitrogens is 1. The summed E-state index contributed by atoms with van der Waals surface area (Å²) in [4.78, 5) is 0. The lowest BCUT2D eigenvalue weighted by Crippen LogP contribution is -1.87. The Labute approximate surface area is 55.6 Å². The van der Waals surface area contributed by atoms with E-state index in [9.17, 15) is 0 Å². The van der Waals surface area contributed by atoms with Gasteiger partial charge in [0, 0.05) is 18.9 Å². The summed E-state index contributed by atoms with van der Waals surface area (Å²) in [5.74, 6) is 0. The zero-order chi connectivity index (χ0) is 6.53. The predicted molar refractivity (Wildman–Crippen MR) is 39.2 cm³/mol. The summed E-state index contributed by atoms with van der Waals surface area (Å²) in [5.41, 5.74) is 0. The van der Waals surface area contributed by atoms with Gasteiger partial charge in [-0.1, -0.05) is 12.2 Å². The van der Waals surface area contributed by atoms with Gasteiger partial charge in [-0.3, -0.25) is 0 Å². The average molecular weight is 121 g/mol. The summed E-state index contributed by atoms with van der Waals surface area (Å²) in [6.07, 6.45) is 8.29. The Kier molecular flexibility index (Phi) is 2.13. The van der Waals surface area contributed by atoms with Crippen molar-refractivity contribution in [1.82, 2.24) is 4.57 Å². The van der Waals surface area contributed by atoms with E-state index >= 15 is 0 Å². The molecule has 1 heterocycles. The minimum absolute atomic E-state index is 0.990. The largest absolute Gasteiger partial charge is 0.351 e. The first-order valence-electron chi connectivity index (χ1n) is 3.15. The van der Waals surface area contributed by atoms with Crippen LogP contribution in [0.1, 0.15) is 6.92 Å². The van der Waals surface area contributed by atoms with E-state index < -0.39 is 0 Å². The minimum atomic E-state index is 0.990. The van der Waals surface area contributed by atoms with E-state index in [1.54, 1.807) is 0 Å². The van der Waals surface area contributed by atoms with Crippen LogP contribution in [-0.2, 0) is 6.54 Å². The van der Waals surface area contributed by atoms with Crippen molar-refractivity contribution in [3.63, 3.8) is 0 Å². The molecule has 0 bridgehead atoms. The van der Waals surface area contributed by atoms with E-state index in [0.717, 1.165) is 6.54 Å². The van der Waals surface area contributed by atoms with Crippen LogP contribution in [0.25, 0.3) is 0 Å². The maximum absolute atomic E-state index is 2.12. The van der Waals surface area contributed by atoms with Gasteiger partial charge in [0.2, 0.25) is 0 Å². The highest BCUT2D eigenvalue weighted by molar-refractivity contribution is 4.92.